The minimum absolute atomic E-state index is 0.316. The van der Waals surface area contributed by atoms with Crippen molar-refractivity contribution in [1.82, 2.24) is 15.3 Å². The zero-order chi connectivity index (χ0) is 17.8. The third-order valence-corrected chi connectivity index (χ3v) is 5.90. The van der Waals surface area contributed by atoms with Crippen molar-refractivity contribution in [3.63, 3.8) is 0 Å². The van der Waals surface area contributed by atoms with Crippen molar-refractivity contribution < 1.29 is 4.39 Å². The number of anilines is 2. The van der Waals surface area contributed by atoms with E-state index in [0.717, 1.165) is 20.6 Å². The minimum Gasteiger partial charge on any atom is -0.352 e. The number of nitrogens with zero attached hydrogens (tertiary/aromatic N) is 2. The Morgan fingerprint density at radius 2 is 1.85 bits per heavy atom. The molecule has 4 nitrogen and oxygen atoms in total. The Hall–Kier alpha value is -2.09. The second-order valence-corrected chi connectivity index (χ2v) is 7.84. The predicted octanol–water partition coefficient (Wildman–Crippen LogP) is 5.55. The van der Waals surface area contributed by atoms with Crippen LogP contribution in [-0.4, -0.2) is 23.1 Å². The lowest BCUT2D eigenvalue weighted by atomic mass is 10.2. The van der Waals surface area contributed by atoms with E-state index in [9.17, 15) is 4.39 Å². The van der Waals surface area contributed by atoms with E-state index in [4.69, 9.17) is 0 Å². The number of halogens is 1. The summed E-state index contributed by atoms with van der Waals surface area (Å²) >= 11 is 3.00. The molecule has 5 rings (SSSR count). The number of pyridine rings is 1. The molecule has 4 aromatic rings. The molecule has 0 radical (unpaired) electrons. The number of benzene rings is 1. The Morgan fingerprint density at radius 1 is 0.962 bits per heavy atom. The van der Waals surface area contributed by atoms with Gasteiger partial charge in [0.1, 0.15) is 10.3 Å². The van der Waals surface area contributed by atoms with Crippen molar-refractivity contribution in [2.45, 2.75) is 19.3 Å². The number of aromatic nitrogens is 2. The van der Waals surface area contributed by atoms with Gasteiger partial charge in [-0.25, -0.2) is 14.4 Å². The first-order valence-electron chi connectivity index (χ1n) is 8.64. The molecule has 26 heavy (non-hydrogen) atoms. The number of thiophene rings is 1. The highest BCUT2D eigenvalue weighted by molar-refractivity contribution is 7.17. The van der Waals surface area contributed by atoms with E-state index in [-0.39, 0.29) is 5.82 Å². The lowest BCUT2D eigenvalue weighted by molar-refractivity contribution is 0.520. The second-order valence-electron chi connectivity index (χ2n) is 6.06. The summed E-state index contributed by atoms with van der Waals surface area (Å²) in [6.45, 7) is 2.50. The van der Waals surface area contributed by atoms with Crippen LogP contribution in [0.2, 0.25) is 0 Å². The number of fused-ring (bicyclic) bond motifs is 2. The molecule has 0 atom stereocenters. The van der Waals surface area contributed by atoms with Gasteiger partial charge >= 0.3 is 0 Å². The molecule has 0 spiro atoms. The Labute approximate surface area is 159 Å². The molecule has 1 saturated heterocycles. The molecule has 1 aliphatic rings. The number of nitrogens with one attached hydrogen (secondary N) is 2. The van der Waals surface area contributed by atoms with Gasteiger partial charge in [-0.1, -0.05) is 6.42 Å². The second kappa shape index (κ2) is 8.07. The van der Waals surface area contributed by atoms with Crippen LogP contribution in [-0.2, 0) is 0 Å². The summed E-state index contributed by atoms with van der Waals surface area (Å²) in [5, 5.41) is 9.39. The Bertz CT molecular complexity index is 996. The lowest BCUT2D eigenvalue weighted by Crippen LogP contribution is -2.21. The number of piperidine rings is 1. The zero-order valence-electron chi connectivity index (χ0n) is 14.2. The molecule has 1 aliphatic heterocycles. The molecule has 0 bridgehead atoms. The number of hydrogen-bond donors (Lipinski definition) is 2. The number of rotatable bonds is 2. The minimum atomic E-state index is -0.316. The molecule has 0 unspecified atom stereocenters. The maximum atomic E-state index is 14.4. The van der Waals surface area contributed by atoms with Crippen molar-refractivity contribution in [3.8, 4) is 0 Å². The predicted molar refractivity (Wildman–Crippen MR) is 109 cm³/mol. The highest BCUT2D eigenvalue weighted by Crippen LogP contribution is 2.32. The van der Waals surface area contributed by atoms with E-state index in [1.807, 2.05) is 23.6 Å². The molecule has 134 valence electrons. The standard InChI is InChI=1S/C14H8FN3S2.C5H11N/c15-12-10(1-2-11-13(12)17-7-20-11)18-9-3-5-16-14-8(9)4-6-19-14;1-2-4-6-5-3-1/h1-7H,(H,16,18);6H,1-5H2. The topological polar surface area (TPSA) is 49.8 Å². The van der Waals surface area contributed by atoms with Crippen LogP contribution in [0.15, 0.2) is 41.4 Å². The van der Waals surface area contributed by atoms with Gasteiger partial charge in [-0.05, 0) is 55.6 Å². The van der Waals surface area contributed by atoms with Crippen molar-refractivity contribution >= 4 is 54.5 Å². The van der Waals surface area contributed by atoms with Crippen LogP contribution in [0, 0.1) is 5.82 Å². The van der Waals surface area contributed by atoms with Gasteiger partial charge in [0.05, 0.1) is 21.6 Å². The Kier molecular flexibility index (Phi) is 5.38. The molecule has 4 heterocycles. The molecule has 7 heteroatoms. The van der Waals surface area contributed by atoms with Crippen molar-refractivity contribution in [2.75, 3.05) is 18.4 Å². The van der Waals surface area contributed by atoms with Gasteiger partial charge in [-0.3, -0.25) is 0 Å². The summed E-state index contributed by atoms with van der Waals surface area (Å²) in [5.74, 6) is -0.316. The monoisotopic (exact) mass is 386 g/mol. The summed E-state index contributed by atoms with van der Waals surface area (Å²) < 4.78 is 15.2. The van der Waals surface area contributed by atoms with Gasteiger partial charge in [0.15, 0.2) is 5.82 Å². The summed E-state index contributed by atoms with van der Waals surface area (Å²) in [6.07, 6.45) is 5.94. The van der Waals surface area contributed by atoms with Crippen LogP contribution in [0.3, 0.4) is 0 Å². The summed E-state index contributed by atoms with van der Waals surface area (Å²) in [7, 11) is 0. The fourth-order valence-corrected chi connectivity index (χ4v) is 4.36. The molecule has 1 fully saturated rings. The van der Waals surface area contributed by atoms with E-state index in [1.165, 1.54) is 43.7 Å². The average Bonchev–Trinajstić information content (AvgIpc) is 3.36. The molecule has 2 N–H and O–H groups in total. The zero-order valence-corrected chi connectivity index (χ0v) is 15.8. The number of hydrogen-bond acceptors (Lipinski definition) is 6. The first kappa shape index (κ1) is 17.3. The molecule has 0 amide bonds. The van der Waals surface area contributed by atoms with E-state index in [0.29, 0.717) is 11.2 Å². The number of thiazole rings is 1. The van der Waals surface area contributed by atoms with Gasteiger partial charge in [-0.2, -0.15) is 0 Å². The Morgan fingerprint density at radius 3 is 2.62 bits per heavy atom. The van der Waals surface area contributed by atoms with E-state index in [2.05, 4.69) is 20.6 Å². The maximum Gasteiger partial charge on any atom is 0.173 e. The summed E-state index contributed by atoms with van der Waals surface area (Å²) in [6, 6.07) is 7.45. The van der Waals surface area contributed by atoms with Gasteiger partial charge in [-0.15, -0.1) is 22.7 Å². The van der Waals surface area contributed by atoms with Crippen LogP contribution in [0.4, 0.5) is 15.8 Å². The summed E-state index contributed by atoms with van der Waals surface area (Å²) in [5.41, 5.74) is 3.35. The van der Waals surface area contributed by atoms with Crippen LogP contribution >= 0.6 is 22.7 Å². The average molecular weight is 387 g/mol. The molecule has 3 aromatic heterocycles. The highest BCUT2D eigenvalue weighted by Gasteiger charge is 2.11. The molecule has 0 saturated carbocycles. The first-order chi connectivity index (χ1) is 12.8. The normalized spacial score (nSPS) is 14.2. The van der Waals surface area contributed by atoms with Gasteiger partial charge < -0.3 is 10.6 Å². The lowest BCUT2D eigenvalue weighted by Gasteiger charge is -2.08. The highest BCUT2D eigenvalue weighted by atomic mass is 32.1. The van der Waals surface area contributed by atoms with E-state index < -0.39 is 0 Å². The molecule has 0 aliphatic carbocycles. The third kappa shape index (κ3) is 3.70. The van der Waals surface area contributed by atoms with Crippen molar-refractivity contribution in [3.05, 3.63) is 47.2 Å². The molecular weight excluding hydrogens is 367 g/mol. The fraction of sp³-hybridized carbons (Fsp3) is 0.263. The van der Waals surface area contributed by atoms with Crippen molar-refractivity contribution in [1.29, 1.82) is 0 Å². The van der Waals surface area contributed by atoms with Crippen LogP contribution in [0.1, 0.15) is 19.3 Å². The molecule has 1 aromatic carbocycles. The van der Waals surface area contributed by atoms with Crippen LogP contribution in [0.5, 0.6) is 0 Å². The van der Waals surface area contributed by atoms with Gasteiger partial charge in [0, 0.05) is 11.6 Å². The quantitative estimate of drug-likeness (QED) is 0.474. The first-order valence-corrected chi connectivity index (χ1v) is 10.4. The van der Waals surface area contributed by atoms with Crippen LogP contribution < -0.4 is 10.6 Å². The fourth-order valence-electron chi connectivity index (χ4n) is 2.93. The van der Waals surface area contributed by atoms with Crippen LogP contribution in [0.25, 0.3) is 20.4 Å². The van der Waals surface area contributed by atoms with E-state index >= 15 is 0 Å². The van der Waals surface area contributed by atoms with E-state index in [1.54, 1.807) is 29.1 Å². The maximum absolute atomic E-state index is 14.4. The Balaban J connectivity index is 0.000000240. The third-order valence-electron chi connectivity index (χ3n) is 4.29. The largest absolute Gasteiger partial charge is 0.352 e. The van der Waals surface area contributed by atoms with Crippen molar-refractivity contribution in [2.24, 2.45) is 0 Å². The van der Waals surface area contributed by atoms with Gasteiger partial charge in [0.2, 0.25) is 0 Å². The molecular formula is C19H19FN4S2. The smallest absolute Gasteiger partial charge is 0.173 e. The van der Waals surface area contributed by atoms with Gasteiger partial charge in [0.25, 0.3) is 0 Å². The summed E-state index contributed by atoms with van der Waals surface area (Å²) in [4.78, 5) is 9.28. The SMILES string of the molecule is C1CCNCC1.Fc1c(Nc2ccnc3sccc23)ccc2scnc12.